The summed E-state index contributed by atoms with van der Waals surface area (Å²) in [6.07, 6.45) is 7.20. The quantitative estimate of drug-likeness (QED) is 0.154. The molecule has 52 heavy (non-hydrogen) atoms. The first-order valence-electron chi connectivity index (χ1n) is 17.0. The summed E-state index contributed by atoms with van der Waals surface area (Å²) >= 11 is 3.35. The van der Waals surface area contributed by atoms with Gasteiger partial charge in [0.15, 0.2) is 5.43 Å². The number of esters is 1. The first-order chi connectivity index (χ1) is 25.1. The van der Waals surface area contributed by atoms with Crippen LogP contribution in [0, 0.1) is 5.92 Å². The molecule has 11 heteroatoms. The summed E-state index contributed by atoms with van der Waals surface area (Å²) in [5, 5.41) is 1.84. The second-order valence-corrected chi connectivity index (χ2v) is 14.3. The van der Waals surface area contributed by atoms with E-state index in [1.807, 2.05) is 31.4 Å². The highest BCUT2D eigenvalue weighted by Gasteiger charge is 2.52. The first kappa shape index (κ1) is 35.4. The van der Waals surface area contributed by atoms with Gasteiger partial charge in [-0.2, -0.15) is 0 Å². The molecule has 3 atom stereocenters. The van der Waals surface area contributed by atoms with Crippen LogP contribution in [-0.4, -0.2) is 68.0 Å². The average Bonchev–Trinajstić information content (AvgIpc) is 3.49. The maximum atomic E-state index is 12.5. The second-order valence-electron chi connectivity index (χ2n) is 13.3. The number of rotatable bonds is 7. The lowest BCUT2D eigenvalue weighted by molar-refractivity contribution is -0.131. The fourth-order valence-electron chi connectivity index (χ4n) is 7.81. The predicted molar refractivity (Wildman–Crippen MR) is 203 cm³/mol. The first-order valence-corrected chi connectivity index (χ1v) is 17.8. The van der Waals surface area contributed by atoms with Gasteiger partial charge in [-0.3, -0.25) is 14.7 Å². The van der Waals surface area contributed by atoms with Crippen LogP contribution in [0.4, 0.5) is 0 Å². The number of hydrogen-bond donors (Lipinski definition) is 0. The van der Waals surface area contributed by atoms with Crippen molar-refractivity contribution in [3.05, 3.63) is 123 Å². The number of halogens is 1. The largest absolute Gasteiger partial charge is 0.497 e. The fraction of sp³-hybridized carbons (Fsp3) is 0.293. The summed E-state index contributed by atoms with van der Waals surface area (Å²) in [6, 6.07) is 22.5. The van der Waals surface area contributed by atoms with Gasteiger partial charge in [-0.25, -0.2) is 4.79 Å². The maximum Gasteiger partial charge on any atom is 0.339 e. The number of aromatic nitrogens is 2. The molecule has 1 saturated heterocycles. The molecule has 10 nitrogen and oxygen atoms in total. The molecular weight excluding hydrogens is 726 g/mol. The van der Waals surface area contributed by atoms with E-state index >= 15 is 0 Å². The Labute approximate surface area is 310 Å². The molecule has 0 bridgehead atoms. The van der Waals surface area contributed by atoms with Crippen molar-refractivity contribution in [1.82, 2.24) is 14.5 Å². The van der Waals surface area contributed by atoms with Gasteiger partial charge < -0.3 is 27.9 Å². The molecule has 0 amide bonds. The van der Waals surface area contributed by atoms with E-state index in [0.29, 0.717) is 40.4 Å². The lowest BCUT2D eigenvalue weighted by Crippen LogP contribution is -2.59. The topological polar surface area (TPSA) is 105 Å². The van der Waals surface area contributed by atoms with Gasteiger partial charge in [0.2, 0.25) is 0 Å². The van der Waals surface area contributed by atoms with Crippen LogP contribution < -0.4 is 14.9 Å². The van der Waals surface area contributed by atoms with Crippen LogP contribution in [0.5, 0.6) is 11.5 Å². The number of likely N-dealkylation sites (N-methyl/N-ethyl adjacent to an activating group) is 1. The summed E-state index contributed by atoms with van der Waals surface area (Å²) in [6.45, 7) is 1.21. The molecule has 3 unspecified atom stereocenters. The van der Waals surface area contributed by atoms with Gasteiger partial charge >= 0.3 is 5.97 Å². The van der Waals surface area contributed by atoms with Crippen molar-refractivity contribution in [1.29, 1.82) is 0 Å². The molecule has 1 aliphatic carbocycles. The zero-order valence-electron chi connectivity index (χ0n) is 29.7. The van der Waals surface area contributed by atoms with Gasteiger partial charge in [0.05, 0.1) is 31.8 Å². The average molecular weight is 767 g/mol. The zero-order chi connectivity index (χ0) is 36.6. The third kappa shape index (κ3) is 6.60. The van der Waals surface area contributed by atoms with Crippen LogP contribution in [0.1, 0.15) is 27.9 Å². The van der Waals surface area contributed by atoms with Crippen molar-refractivity contribution in [2.24, 2.45) is 13.0 Å². The van der Waals surface area contributed by atoms with E-state index in [9.17, 15) is 9.59 Å². The lowest BCUT2D eigenvalue weighted by atomic mass is 9.69. The Bertz CT molecular complexity index is 2340. The molecule has 6 aromatic rings. The summed E-state index contributed by atoms with van der Waals surface area (Å²) in [7, 11) is 9.24. The number of carbonyl (C=O) groups excluding carboxylic acids is 1. The van der Waals surface area contributed by atoms with Crippen molar-refractivity contribution < 1.29 is 28.2 Å². The van der Waals surface area contributed by atoms with Gasteiger partial charge in [0, 0.05) is 84.3 Å². The van der Waals surface area contributed by atoms with Crippen LogP contribution in [0.25, 0.3) is 33.2 Å². The van der Waals surface area contributed by atoms with Gasteiger partial charge in [-0.15, -0.1) is 0 Å². The highest BCUT2D eigenvalue weighted by Crippen LogP contribution is 2.49. The van der Waals surface area contributed by atoms with Crippen LogP contribution in [-0.2, 0) is 28.5 Å². The zero-order valence-corrected chi connectivity index (χ0v) is 31.3. The lowest BCUT2D eigenvalue weighted by Gasteiger charge is -2.53. The molecule has 1 aliphatic heterocycles. The van der Waals surface area contributed by atoms with Crippen LogP contribution in [0.3, 0.4) is 0 Å². The minimum absolute atomic E-state index is 0.0864. The second kappa shape index (κ2) is 14.6. The molecule has 3 aromatic heterocycles. The van der Waals surface area contributed by atoms with Crippen LogP contribution >= 0.6 is 15.9 Å². The molecule has 0 saturated carbocycles. The number of fused-ring (bicyclic) bond motifs is 3. The number of piperidine rings is 1. The van der Waals surface area contributed by atoms with Crippen molar-refractivity contribution in [2.45, 2.75) is 24.5 Å². The monoisotopic (exact) mass is 765 g/mol. The number of carbonyl (C=O) groups is 1. The van der Waals surface area contributed by atoms with Crippen molar-refractivity contribution in [2.75, 3.05) is 41.5 Å². The van der Waals surface area contributed by atoms with E-state index in [-0.39, 0.29) is 23.4 Å². The van der Waals surface area contributed by atoms with E-state index < -0.39 is 5.60 Å². The summed E-state index contributed by atoms with van der Waals surface area (Å²) < 4.78 is 31.2. The summed E-state index contributed by atoms with van der Waals surface area (Å²) in [5.74, 6) is 1.68. The molecule has 3 aromatic carbocycles. The number of methoxy groups -OCH3 is 3. The normalized spacial score (nSPS) is 19.4. The third-order valence-corrected chi connectivity index (χ3v) is 10.6. The minimum atomic E-state index is -0.421. The number of hydrogen-bond acceptors (Lipinski definition) is 9. The van der Waals surface area contributed by atoms with Crippen LogP contribution in [0.2, 0.25) is 0 Å². The standard InChI is InChI=1S/C24H26BrN3O3.C17H14O4/c1-27-13-17-8-21-24(30-3,19-5-4-6-20(27)22(17)19)9-15(12-28(21)2)14-31-23(29)16-7-18(25)11-26-10-16;1-19-12-5-3-4-11(8-12)16-10-15(18)14-7-6-13(20-2)9-17(14)21-16/h4-7,10-11,13,15,21H,8-9,12,14H2,1-3H3;3-10H,1-2H3. The summed E-state index contributed by atoms with van der Waals surface area (Å²) in [5.41, 5.74) is 5.10. The Morgan fingerprint density at radius 1 is 0.981 bits per heavy atom. The SMILES string of the molecule is COC12CC(COC(=O)c3cncc(Br)c3)CN(C)C1Cc1cn(C)c3cccc2c13.COc1cccc(-c2cc(=O)c3ccc(OC)cc3o2)c1. The Kier molecular flexibility index (Phi) is 9.93. The number of nitrogens with zero attached hydrogens (tertiary/aromatic N) is 3. The highest BCUT2D eigenvalue weighted by molar-refractivity contribution is 9.10. The fourth-order valence-corrected chi connectivity index (χ4v) is 8.17. The molecular formula is C41H40BrN3O7. The van der Waals surface area contributed by atoms with Gasteiger partial charge in [0.1, 0.15) is 28.4 Å². The van der Waals surface area contributed by atoms with E-state index in [2.05, 4.69) is 68.9 Å². The Balaban J connectivity index is 0.000000175. The molecule has 1 fully saturated rings. The Morgan fingerprint density at radius 2 is 1.77 bits per heavy atom. The smallest absolute Gasteiger partial charge is 0.339 e. The third-order valence-electron chi connectivity index (χ3n) is 10.2. The highest BCUT2D eigenvalue weighted by atomic mass is 79.9. The van der Waals surface area contributed by atoms with Crippen LogP contribution in [0.15, 0.2) is 105 Å². The predicted octanol–water partition coefficient (Wildman–Crippen LogP) is 7.39. The molecule has 268 valence electrons. The molecule has 2 aliphatic rings. The Hall–Kier alpha value is -4.97. The van der Waals surface area contributed by atoms with Gasteiger partial charge in [0.25, 0.3) is 0 Å². The molecule has 4 heterocycles. The molecule has 0 N–H and O–H groups in total. The van der Waals surface area contributed by atoms with E-state index in [4.69, 9.17) is 23.4 Å². The van der Waals surface area contributed by atoms with Crippen molar-refractivity contribution >= 4 is 43.8 Å². The van der Waals surface area contributed by atoms with E-state index in [1.54, 1.807) is 44.7 Å². The van der Waals surface area contributed by atoms with E-state index in [1.165, 1.54) is 34.3 Å². The van der Waals surface area contributed by atoms with Crippen molar-refractivity contribution in [3.63, 3.8) is 0 Å². The Morgan fingerprint density at radius 3 is 2.54 bits per heavy atom. The molecule has 0 spiro atoms. The number of aryl methyl sites for hydroxylation is 1. The van der Waals surface area contributed by atoms with Gasteiger partial charge in [-0.05, 0) is 83.3 Å². The van der Waals surface area contributed by atoms with E-state index in [0.717, 1.165) is 29.4 Å². The molecule has 8 rings (SSSR count). The minimum Gasteiger partial charge on any atom is -0.497 e. The number of ether oxygens (including phenoxy) is 4. The number of pyridine rings is 1. The molecule has 0 radical (unpaired) electrons. The number of benzene rings is 3. The number of likely N-dealkylation sites (tertiary alicyclic amines) is 1. The van der Waals surface area contributed by atoms with Gasteiger partial charge in [-0.1, -0.05) is 24.3 Å². The maximum absolute atomic E-state index is 12.5. The van der Waals surface area contributed by atoms with Crippen molar-refractivity contribution in [3.8, 4) is 22.8 Å². The summed E-state index contributed by atoms with van der Waals surface area (Å²) in [4.78, 5) is 31.2.